The van der Waals surface area contributed by atoms with Gasteiger partial charge in [-0.3, -0.25) is 0 Å². The molecule has 90 valence electrons. The summed E-state index contributed by atoms with van der Waals surface area (Å²) < 4.78 is 0. The summed E-state index contributed by atoms with van der Waals surface area (Å²) in [4.78, 5) is 2.89. The molecule has 0 aromatic carbocycles. The molecule has 1 aromatic rings. The van der Waals surface area contributed by atoms with Crippen LogP contribution in [-0.2, 0) is 6.54 Å². The Kier molecular flexibility index (Phi) is 4.04. The van der Waals surface area contributed by atoms with Crippen molar-refractivity contribution >= 4 is 11.3 Å². The average Bonchev–Trinajstić information content (AvgIpc) is 2.67. The van der Waals surface area contributed by atoms with Crippen molar-refractivity contribution in [1.82, 2.24) is 5.32 Å². The van der Waals surface area contributed by atoms with Gasteiger partial charge in [0.05, 0.1) is 0 Å². The molecular formula is C14H23NS. The van der Waals surface area contributed by atoms with E-state index in [-0.39, 0.29) is 0 Å². The molecule has 3 atom stereocenters. The van der Waals surface area contributed by atoms with E-state index in [2.05, 4.69) is 38.2 Å². The molecule has 16 heavy (non-hydrogen) atoms. The first-order valence-corrected chi connectivity index (χ1v) is 7.27. The van der Waals surface area contributed by atoms with E-state index >= 15 is 0 Å². The summed E-state index contributed by atoms with van der Waals surface area (Å²) in [5.41, 5.74) is 0. The maximum atomic E-state index is 3.74. The lowest BCUT2D eigenvalue weighted by Crippen LogP contribution is -2.40. The van der Waals surface area contributed by atoms with Gasteiger partial charge in [-0.2, -0.15) is 0 Å². The van der Waals surface area contributed by atoms with Gasteiger partial charge in [-0.05, 0) is 37.3 Å². The van der Waals surface area contributed by atoms with Gasteiger partial charge in [-0.25, -0.2) is 0 Å². The van der Waals surface area contributed by atoms with E-state index in [9.17, 15) is 0 Å². The highest BCUT2D eigenvalue weighted by Gasteiger charge is 2.26. The van der Waals surface area contributed by atoms with Gasteiger partial charge < -0.3 is 5.32 Å². The zero-order valence-corrected chi connectivity index (χ0v) is 11.4. The van der Waals surface area contributed by atoms with Crippen molar-refractivity contribution in [3.05, 3.63) is 21.9 Å². The molecule has 1 nitrogen and oxygen atoms in total. The number of nitrogens with one attached hydrogen (secondary N) is 1. The average molecular weight is 237 g/mol. The van der Waals surface area contributed by atoms with Gasteiger partial charge in [0, 0.05) is 22.3 Å². The maximum Gasteiger partial charge on any atom is 0.0302 e. The molecule has 1 aliphatic carbocycles. The van der Waals surface area contributed by atoms with Crippen molar-refractivity contribution in [3.63, 3.8) is 0 Å². The molecule has 2 rings (SSSR count). The summed E-state index contributed by atoms with van der Waals surface area (Å²) in [6.45, 7) is 8.04. The summed E-state index contributed by atoms with van der Waals surface area (Å²) in [7, 11) is 0. The Balaban J connectivity index is 1.85. The monoisotopic (exact) mass is 237 g/mol. The molecule has 0 saturated heterocycles. The zero-order chi connectivity index (χ0) is 11.5. The molecule has 0 amide bonds. The Hall–Kier alpha value is -0.340. The number of rotatable bonds is 3. The summed E-state index contributed by atoms with van der Waals surface area (Å²) in [5.74, 6) is 1.71. The highest BCUT2D eigenvalue weighted by Crippen LogP contribution is 2.29. The molecule has 0 bridgehead atoms. The first kappa shape index (κ1) is 12.1. The highest BCUT2D eigenvalue weighted by molar-refractivity contribution is 7.11. The molecule has 1 aromatic heterocycles. The van der Waals surface area contributed by atoms with Crippen molar-refractivity contribution in [2.24, 2.45) is 11.8 Å². The first-order chi connectivity index (χ1) is 7.66. The first-order valence-electron chi connectivity index (χ1n) is 6.45. The summed E-state index contributed by atoms with van der Waals surface area (Å²) in [6.07, 6.45) is 4.17. The smallest absolute Gasteiger partial charge is 0.0302 e. The normalized spacial score (nSPS) is 30.6. The van der Waals surface area contributed by atoms with Gasteiger partial charge in [0.25, 0.3) is 0 Å². The predicted octanol–water partition coefficient (Wildman–Crippen LogP) is 3.97. The van der Waals surface area contributed by atoms with Crippen molar-refractivity contribution in [3.8, 4) is 0 Å². The van der Waals surface area contributed by atoms with Gasteiger partial charge in [0.1, 0.15) is 0 Å². The van der Waals surface area contributed by atoms with Crippen molar-refractivity contribution in [1.29, 1.82) is 0 Å². The van der Waals surface area contributed by atoms with Crippen LogP contribution in [0.3, 0.4) is 0 Å². The molecule has 1 N–H and O–H groups in total. The van der Waals surface area contributed by atoms with Crippen LogP contribution in [0.25, 0.3) is 0 Å². The molecular weight excluding hydrogens is 214 g/mol. The van der Waals surface area contributed by atoms with Crippen LogP contribution in [0.15, 0.2) is 12.1 Å². The van der Waals surface area contributed by atoms with Crippen LogP contribution in [0.1, 0.15) is 42.9 Å². The molecule has 0 aliphatic heterocycles. The second-order valence-corrected chi connectivity index (χ2v) is 6.64. The standard InChI is InChI=1S/C14H23NS/c1-10-5-4-6-14(12(10)3)15-9-13-8-7-11(2)16-13/h7-8,10,12,14-15H,4-6,9H2,1-3H3/t10-,12-,14+/m1/s1. The van der Waals surface area contributed by atoms with Crippen molar-refractivity contribution < 1.29 is 0 Å². The van der Waals surface area contributed by atoms with Crippen molar-refractivity contribution in [2.45, 2.75) is 52.6 Å². The van der Waals surface area contributed by atoms with E-state index in [1.54, 1.807) is 0 Å². The number of thiophene rings is 1. The lowest BCUT2D eigenvalue weighted by molar-refractivity contribution is 0.206. The zero-order valence-electron chi connectivity index (χ0n) is 10.6. The molecule has 0 unspecified atom stereocenters. The molecule has 0 spiro atoms. The van der Waals surface area contributed by atoms with Gasteiger partial charge in [0.2, 0.25) is 0 Å². The van der Waals surface area contributed by atoms with Crippen LogP contribution in [0.4, 0.5) is 0 Å². The summed E-state index contributed by atoms with van der Waals surface area (Å²) in [6, 6.07) is 5.20. The Morgan fingerprint density at radius 3 is 2.81 bits per heavy atom. The Bertz CT molecular complexity index is 331. The van der Waals surface area contributed by atoms with Crippen LogP contribution >= 0.6 is 11.3 Å². The molecule has 1 heterocycles. The molecule has 1 aliphatic rings. The largest absolute Gasteiger partial charge is 0.309 e. The maximum absolute atomic E-state index is 3.74. The predicted molar refractivity (Wildman–Crippen MR) is 71.9 cm³/mol. The topological polar surface area (TPSA) is 12.0 Å². The summed E-state index contributed by atoms with van der Waals surface area (Å²) >= 11 is 1.92. The number of hydrogen-bond donors (Lipinski definition) is 1. The molecule has 2 heteroatoms. The second-order valence-electron chi connectivity index (χ2n) is 5.27. The molecule has 0 radical (unpaired) electrons. The van der Waals surface area contributed by atoms with Crippen LogP contribution in [0.2, 0.25) is 0 Å². The third kappa shape index (κ3) is 2.86. The lowest BCUT2D eigenvalue weighted by atomic mass is 9.78. The minimum absolute atomic E-state index is 0.728. The van der Waals surface area contributed by atoms with Crippen LogP contribution in [0, 0.1) is 18.8 Å². The minimum Gasteiger partial charge on any atom is -0.309 e. The SMILES string of the molecule is Cc1ccc(CN[C@H]2CCC[C@@H](C)[C@H]2C)s1. The van der Waals surface area contributed by atoms with E-state index in [4.69, 9.17) is 0 Å². The van der Waals surface area contributed by atoms with Gasteiger partial charge in [-0.1, -0.05) is 26.7 Å². The van der Waals surface area contributed by atoms with Crippen LogP contribution < -0.4 is 5.32 Å². The Morgan fingerprint density at radius 1 is 1.31 bits per heavy atom. The highest BCUT2D eigenvalue weighted by atomic mass is 32.1. The molecule has 1 saturated carbocycles. The fraction of sp³-hybridized carbons (Fsp3) is 0.714. The van der Waals surface area contributed by atoms with Gasteiger partial charge in [0.15, 0.2) is 0 Å². The Labute approximate surface area is 103 Å². The number of aryl methyl sites for hydroxylation is 1. The van der Waals surface area contributed by atoms with E-state index in [0.717, 1.165) is 24.4 Å². The Morgan fingerprint density at radius 2 is 2.12 bits per heavy atom. The third-order valence-corrected chi connectivity index (χ3v) is 5.04. The molecule has 1 fully saturated rings. The van der Waals surface area contributed by atoms with E-state index in [0.29, 0.717) is 0 Å². The van der Waals surface area contributed by atoms with E-state index in [1.165, 1.54) is 29.0 Å². The second kappa shape index (κ2) is 5.33. The number of hydrogen-bond acceptors (Lipinski definition) is 2. The van der Waals surface area contributed by atoms with Crippen LogP contribution in [0.5, 0.6) is 0 Å². The summed E-state index contributed by atoms with van der Waals surface area (Å²) in [5, 5.41) is 3.74. The quantitative estimate of drug-likeness (QED) is 0.838. The minimum atomic E-state index is 0.728. The third-order valence-electron chi connectivity index (χ3n) is 4.04. The van der Waals surface area contributed by atoms with E-state index in [1.807, 2.05) is 11.3 Å². The van der Waals surface area contributed by atoms with Crippen LogP contribution in [-0.4, -0.2) is 6.04 Å². The fourth-order valence-corrected chi connectivity index (χ4v) is 3.52. The lowest BCUT2D eigenvalue weighted by Gasteiger charge is -2.34. The van der Waals surface area contributed by atoms with Gasteiger partial charge in [-0.15, -0.1) is 11.3 Å². The van der Waals surface area contributed by atoms with E-state index < -0.39 is 0 Å². The fourth-order valence-electron chi connectivity index (χ4n) is 2.68. The van der Waals surface area contributed by atoms with Crippen molar-refractivity contribution in [2.75, 3.05) is 0 Å². The van der Waals surface area contributed by atoms with Gasteiger partial charge >= 0.3 is 0 Å².